The van der Waals surface area contributed by atoms with Crippen LogP contribution in [0.3, 0.4) is 0 Å². The maximum Gasteiger partial charge on any atom is 0.235 e. The van der Waals surface area contributed by atoms with Crippen LogP contribution in [-0.2, 0) is 14.8 Å². The molecule has 0 aliphatic carbocycles. The van der Waals surface area contributed by atoms with Crippen molar-refractivity contribution in [2.24, 2.45) is 0 Å². The van der Waals surface area contributed by atoms with Gasteiger partial charge in [0.05, 0.1) is 23.4 Å². The highest BCUT2D eigenvalue weighted by atomic mass is 32.2. The molecule has 0 unspecified atom stereocenters. The van der Waals surface area contributed by atoms with Crippen LogP contribution in [0.1, 0.15) is 12.8 Å². The summed E-state index contributed by atoms with van der Waals surface area (Å²) in [4.78, 5) is 15.4. The van der Waals surface area contributed by atoms with Gasteiger partial charge < -0.3 is 10.2 Å². The lowest BCUT2D eigenvalue weighted by Gasteiger charge is -2.32. The lowest BCUT2D eigenvalue weighted by molar-refractivity contribution is -0.121. The van der Waals surface area contributed by atoms with Gasteiger partial charge in [-0.25, -0.2) is 8.42 Å². The van der Waals surface area contributed by atoms with Crippen LogP contribution in [0.4, 0.5) is 5.82 Å². The number of amides is 1. The number of rotatable bonds is 6. The molecule has 1 amide bonds. The van der Waals surface area contributed by atoms with E-state index in [0.29, 0.717) is 0 Å². The van der Waals surface area contributed by atoms with E-state index in [1.54, 1.807) is 11.3 Å². The Morgan fingerprint density at radius 3 is 2.81 bits per heavy atom. The number of aromatic amines is 1. The molecule has 0 saturated carbocycles. The average Bonchev–Trinajstić information content (AvgIpc) is 3.26. The number of carbonyl (C=O) groups is 1. The molecular formula is C16H23N5O3S2. The highest BCUT2D eigenvalue weighted by Gasteiger charge is 2.24. The van der Waals surface area contributed by atoms with Crippen LogP contribution in [0.2, 0.25) is 0 Å². The van der Waals surface area contributed by atoms with Crippen molar-refractivity contribution in [1.29, 1.82) is 0 Å². The second-order valence-corrected chi connectivity index (χ2v) is 9.50. The number of nitrogens with zero attached hydrogens (tertiary/aromatic N) is 3. The standard InChI is InChI=1S/C16H23N5O3S2/c1-20(26(2,23)24)11-16(22)17-12-5-7-21(8-6-12)15-10-13(18-19-15)14-4-3-9-25-14/h3-4,9-10,12H,5-8,11H2,1-2H3,(H,17,22)(H,18,19). The second kappa shape index (κ2) is 7.77. The summed E-state index contributed by atoms with van der Waals surface area (Å²) in [5, 5.41) is 12.4. The van der Waals surface area contributed by atoms with E-state index in [2.05, 4.69) is 26.5 Å². The van der Waals surface area contributed by atoms with Gasteiger partial charge in [0.15, 0.2) is 5.82 Å². The van der Waals surface area contributed by atoms with Crippen LogP contribution >= 0.6 is 11.3 Å². The van der Waals surface area contributed by atoms with E-state index in [1.165, 1.54) is 7.05 Å². The van der Waals surface area contributed by atoms with Crippen molar-refractivity contribution in [3.05, 3.63) is 23.6 Å². The van der Waals surface area contributed by atoms with E-state index < -0.39 is 10.0 Å². The molecule has 1 aliphatic heterocycles. The number of anilines is 1. The SMILES string of the molecule is CN(CC(=O)NC1CCN(c2cc(-c3cccs3)[nH]n2)CC1)S(C)(=O)=O. The first kappa shape index (κ1) is 18.9. The van der Waals surface area contributed by atoms with Gasteiger partial charge in [0.2, 0.25) is 15.9 Å². The topological polar surface area (TPSA) is 98.4 Å². The summed E-state index contributed by atoms with van der Waals surface area (Å²) < 4.78 is 23.8. The minimum absolute atomic E-state index is 0.0578. The maximum absolute atomic E-state index is 12.0. The van der Waals surface area contributed by atoms with Crippen molar-refractivity contribution < 1.29 is 13.2 Å². The Bertz CT molecular complexity index is 839. The lowest BCUT2D eigenvalue weighted by Crippen LogP contribution is -2.47. The average molecular weight is 398 g/mol. The number of hydrogen-bond donors (Lipinski definition) is 2. The van der Waals surface area contributed by atoms with E-state index in [1.807, 2.05) is 17.5 Å². The number of thiophene rings is 1. The molecule has 0 spiro atoms. The summed E-state index contributed by atoms with van der Waals surface area (Å²) >= 11 is 1.67. The molecule has 1 fully saturated rings. The Labute approximate surface area is 157 Å². The van der Waals surface area contributed by atoms with Crippen molar-refractivity contribution in [3.63, 3.8) is 0 Å². The van der Waals surface area contributed by atoms with Gasteiger partial charge in [-0.3, -0.25) is 9.89 Å². The number of carbonyl (C=O) groups excluding carboxylic acids is 1. The molecule has 0 bridgehead atoms. The molecule has 2 N–H and O–H groups in total. The van der Waals surface area contributed by atoms with E-state index >= 15 is 0 Å². The second-order valence-electron chi connectivity index (χ2n) is 6.46. The predicted octanol–water partition coefficient (Wildman–Crippen LogP) is 1.11. The van der Waals surface area contributed by atoms with Gasteiger partial charge in [-0.1, -0.05) is 6.07 Å². The predicted molar refractivity (Wildman–Crippen MR) is 103 cm³/mol. The smallest absolute Gasteiger partial charge is 0.235 e. The molecule has 2 aromatic heterocycles. The van der Waals surface area contributed by atoms with Gasteiger partial charge in [-0.2, -0.15) is 9.40 Å². The largest absolute Gasteiger partial charge is 0.355 e. The van der Waals surface area contributed by atoms with Crippen LogP contribution in [0.5, 0.6) is 0 Å². The number of sulfonamides is 1. The lowest BCUT2D eigenvalue weighted by atomic mass is 10.1. The molecule has 0 radical (unpaired) electrons. The molecular weight excluding hydrogens is 374 g/mol. The highest BCUT2D eigenvalue weighted by molar-refractivity contribution is 7.88. The normalized spacial score (nSPS) is 16.2. The van der Waals surface area contributed by atoms with Crippen molar-refractivity contribution in [1.82, 2.24) is 19.8 Å². The number of piperidine rings is 1. The molecule has 26 heavy (non-hydrogen) atoms. The number of H-pyrrole nitrogens is 1. The number of nitrogens with one attached hydrogen (secondary N) is 2. The van der Waals surface area contributed by atoms with Crippen LogP contribution < -0.4 is 10.2 Å². The summed E-state index contributed by atoms with van der Waals surface area (Å²) in [5.41, 5.74) is 1.01. The maximum atomic E-state index is 12.0. The van der Waals surface area contributed by atoms with Gasteiger partial charge >= 0.3 is 0 Å². The third kappa shape index (κ3) is 4.63. The Morgan fingerprint density at radius 2 is 2.19 bits per heavy atom. The monoisotopic (exact) mass is 397 g/mol. The van der Waals surface area contributed by atoms with Gasteiger partial charge in [0.25, 0.3) is 0 Å². The van der Waals surface area contributed by atoms with E-state index in [-0.39, 0.29) is 18.5 Å². The van der Waals surface area contributed by atoms with E-state index in [0.717, 1.165) is 52.9 Å². The number of aromatic nitrogens is 2. The van der Waals surface area contributed by atoms with Crippen molar-refractivity contribution in [3.8, 4) is 10.6 Å². The third-order valence-electron chi connectivity index (χ3n) is 4.47. The fraction of sp³-hybridized carbons (Fsp3) is 0.500. The zero-order valence-electron chi connectivity index (χ0n) is 14.8. The first-order valence-electron chi connectivity index (χ1n) is 8.38. The Hall–Kier alpha value is -1.91. The van der Waals surface area contributed by atoms with E-state index in [9.17, 15) is 13.2 Å². The Morgan fingerprint density at radius 1 is 1.46 bits per heavy atom. The summed E-state index contributed by atoms with van der Waals surface area (Å²) in [6.07, 6.45) is 2.69. The van der Waals surface area contributed by atoms with E-state index in [4.69, 9.17) is 0 Å². The van der Waals surface area contributed by atoms with Crippen molar-refractivity contribution in [2.45, 2.75) is 18.9 Å². The first-order chi connectivity index (χ1) is 12.3. The third-order valence-corrected chi connectivity index (χ3v) is 6.63. The Kier molecular flexibility index (Phi) is 5.64. The van der Waals surface area contributed by atoms with Gasteiger partial charge in [0.1, 0.15) is 0 Å². The molecule has 2 aromatic rings. The highest BCUT2D eigenvalue weighted by Crippen LogP contribution is 2.27. The molecule has 3 rings (SSSR count). The van der Waals surface area contributed by atoms with Crippen LogP contribution in [0.15, 0.2) is 23.6 Å². The number of hydrogen-bond acceptors (Lipinski definition) is 6. The quantitative estimate of drug-likeness (QED) is 0.761. The zero-order chi connectivity index (χ0) is 18.7. The molecule has 10 heteroatoms. The molecule has 0 aromatic carbocycles. The minimum Gasteiger partial charge on any atom is -0.355 e. The Balaban J connectivity index is 1.49. The molecule has 1 aliphatic rings. The first-order valence-corrected chi connectivity index (χ1v) is 11.1. The molecule has 142 valence electrons. The van der Waals surface area contributed by atoms with Gasteiger partial charge in [0, 0.05) is 32.2 Å². The van der Waals surface area contributed by atoms with Crippen LogP contribution in [0.25, 0.3) is 10.6 Å². The molecule has 8 nitrogen and oxygen atoms in total. The summed E-state index contributed by atoms with van der Waals surface area (Å²) in [6.45, 7) is 1.44. The molecule has 3 heterocycles. The minimum atomic E-state index is -3.35. The van der Waals surface area contributed by atoms with Crippen molar-refractivity contribution in [2.75, 3.05) is 37.8 Å². The van der Waals surface area contributed by atoms with Crippen molar-refractivity contribution >= 4 is 33.1 Å². The fourth-order valence-electron chi connectivity index (χ4n) is 2.88. The summed E-state index contributed by atoms with van der Waals surface area (Å²) in [6, 6.07) is 6.17. The molecule has 0 atom stereocenters. The van der Waals surface area contributed by atoms with Gasteiger partial charge in [-0.05, 0) is 24.3 Å². The van der Waals surface area contributed by atoms with Gasteiger partial charge in [-0.15, -0.1) is 11.3 Å². The number of likely N-dealkylation sites (N-methyl/N-ethyl adjacent to an activating group) is 1. The summed E-state index contributed by atoms with van der Waals surface area (Å²) in [5.74, 6) is 0.645. The van der Waals surface area contributed by atoms with Crippen LogP contribution in [0, 0.1) is 0 Å². The van der Waals surface area contributed by atoms with Crippen LogP contribution in [-0.4, -0.2) is 67.8 Å². The molecule has 1 saturated heterocycles. The summed E-state index contributed by atoms with van der Waals surface area (Å²) in [7, 11) is -1.94. The zero-order valence-corrected chi connectivity index (χ0v) is 16.4. The fourth-order valence-corrected chi connectivity index (χ4v) is 3.92.